The normalized spacial score (nSPS) is 13.4. The molecule has 0 saturated carbocycles. The van der Waals surface area contributed by atoms with E-state index in [0.717, 1.165) is 5.56 Å². The molecule has 0 N–H and O–H groups in total. The second kappa shape index (κ2) is 6.43. The molecule has 0 aliphatic rings. The maximum absolute atomic E-state index is 12.1. The van der Waals surface area contributed by atoms with E-state index < -0.39 is 16.2 Å². The molecule has 1 atom stereocenters. The van der Waals surface area contributed by atoms with Gasteiger partial charge in [0.2, 0.25) is 0 Å². The van der Waals surface area contributed by atoms with Crippen LogP contribution in [0, 0.1) is 24.2 Å². The van der Waals surface area contributed by atoms with Gasteiger partial charge in [-0.3, -0.25) is 0 Å². The second-order valence-electron chi connectivity index (χ2n) is 5.78. The smallest absolute Gasteiger partial charge is 0.250 e. The van der Waals surface area contributed by atoms with Gasteiger partial charge < -0.3 is 0 Å². The largest absolute Gasteiger partial charge is 0.298 e. The van der Waals surface area contributed by atoms with Crippen LogP contribution < -0.4 is 0 Å². The molecule has 20 heavy (non-hydrogen) atoms. The summed E-state index contributed by atoms with van der Waals surface area (Å²) in [7, 11) is -3.76. The zero-order valence-corrected chi connectivity index (χ0v) is 13.5. The molecule has 0 saturated heterocycles. The van der Waals surface area contributed by atoms with E-state index in [1.54, 1.807) is 24.3 Å². The van der Waals surface area contributed by atoms with Crippen LogP contribution in [0.2, 0.25) is 0 Å². The summed E-state index contributed by atoms with van der Waals surface area (Å²) in [5, 5.41) is 0. The SMILES string of the molecule is CCC(C#CC(C)(C)C)OS(=O)(=O)c1ccc(C)cc1. The fourth-order valence-corrected chi connectivity index (χ4v) is 2.48. The van der Waals surface area contributed by atoms with E-state index in [0.29, 0.717) is 6.42 Å². The van der Waals surface area contributed by atoms with Crippen LogP contribution >= 0.6 is 0 Å². The van der Waals surface area contributed by atoms with Crippen LogP contribution in [0.4, 0.5) is 0 Å². The Kier molecular flexibility index (Phi) is 5.38. The molecule has 1 rings (SSSR count). The molecule has 4 heteroatoms. The average Bonchev–Trinajstić information content (AvgIpc) is 2.34. The molecule has 1 aromatic rings. The van der Waals surface area contributed by atoms with Crippen LogP contribution in [0.1, 0.15) is 39.7 Å². The van der Waals surface area contributed by atoms with E-state index in [1.165, 1.54) is 0 Å². The molecule has 1 unspecified atom stereocenters. The van der Waals surface area contributed by atoms with Crippen LogP contribution in [0.15, 0.2) is 29.2 Å². The summed E-state index contributed by atoms with van der Waals surface area (Å²) in [6.45, 7) is 9.68. The summed E-state index contributed by atoms with van der Waals surface area (Å²) in [6, 6.07) is 6.60. The first-order valence-corrected chi connectivity index (χ1v) is 8.07. The third-order valence-electron chi connectivity index (χ3n) is 2.53. The van der Waals surface area contributed by atoms with Gasteiger partial charge in [0, 0.05) is 5.41 Å². The molecule has 3 nitrogen and oxygen atoms in total. The summed E-state index contributed by atoms with van der Waals surface area (Å²) >= 11 is 0. The molecule has 0 heterocycles. The molecule has 0 bridgehead atoms. The van der Waals surface area contributed by atoms with E-state index in [1.807, 2.05) is 34.6 Å². The summed E-state index contributed by atoms with van der Waals surface area (Å²) in [4.78, 5) is 0.166. The lowest BCUT2D eigenvalue weighted by atomic mass is 9.97. The number of hydrogen-bond acceptors (Lipinski definition) is 3. The van der Waals surface area contributed by atoms with E-state index in [2.05, 4.69) is 11.8 Å². The van der Waals surface area contributed by atoms with Gasteiger partial charge in [0.05, 0.1) is 4.90 Å². The van der Waals surface area contributed by atoms with Gasteiger partial charge in [-0.2, -0.15) is 8.42 Å². The summed E-state index contributed by atoms with van der Waals surface area (Å²) < 4.78 is 29.5. The van der Waals surface area contributed by atoms with Gasteiger partial charge in [-0.05, 0) is 46.2 Å². The maximum atomic E-state index is 12.1. The van der Waals surface area contributed by atoms with Crippen LogP contribution in [0.25, 0.3) is 0 Å². The van der Waals surface area contributed by atoms with Crippen molar-refractivity contribution in [3.63, 3.8) is 0 Å². The van der Waals surface area contributed by atoms with Gasteiger partial charge >= 0.3 is 0 Å². The molecule has 0 aromatic heterocycles. The summed E-state index contributed by atoms with van der Waals surface area (Å²) in [6.07, 6.45) is -0.0886. The molecule has 0 fully saturated rings. The zero-order chi connectivity index (χ0) is 15.4. The van der Waals surface area contributed by atoms with Crippen molar-refractivity contribution in [2.75, 3.05) is 0 Å². The molecule has 0 spiro atoms. The molecule has 0 radical (unpaired) electrons. The summed E-state index contributed by atoms with van der Waals surface area (Å²) in [5.41, 5.74) is 0.827. The maximum Gasteiger partial charge on any atom is 0.298 e. The Morgan fingerprint density at radius 3 is 2.20 bits per heavy atom. The Bertz CT molecular complexity index is 596. The Balaban J connectivity index is 2.93. The van der Waals surface area contributed by atoms with Crippen LogP contribution in [0.5, 0.6) is 0 Å². The van der Waals surface area contributed by atoms with Crippen LogP contribution in [0.3, 0.4) is 0 Å². The number of aryl methyl sites for hydroxylation is 1. The van der Waals surface area contributed by atoms with Gasteiger partial charge in [0.25, 0.3) is 10.1 Å². The lowest BCUT2D eigenvalue weighted by Crippen LogP contribution is -2.17. The Hall–Kier alpha value is -1.31. The van der Waals surface area contributed by atoms with Crippen LogP contribution in [-0.4, -0.2) is 14.5 Å². The van der Waals surface area contributed by atoms with Gasteiger partial charge in [0.1, 0.15) is 6.10 Å². The molecule has 1 aromatic carbocycles. The van der Waals surface area contributed by atoms with Gasteiger partial charge in [-0.1, -0.05) is 36.5 Å². The molecule has 0 aliphatic carbocycles. The van der Waals surface area contributed by atoms with Crippen molar-refractivity contribution in [3.8, 4) is 11.8 Å². The van der Waals surface area contributed by atoms with Crippen molar-refractivity contribution >= 4 is 10.1 Å². The van der Waals surface area contributed by atoms with Crippen LogP contribution in [-0.2, 0) is 14.3 Å². The second-order valence-corrected chi connectivity index (χ2v) is 7.35. The van der Waals surface area contributed by atoms with Crippen molar-refractivity contribution in [2.24, 2.45) is 5.41 Å². The highest BCUT2D eigenvalue weighted by Crippen LogP contribution is 2.17. The van der Waals surface area contributed by atoms with Gasteiger partial charge in [-0.15, -0.1) is 0 Å². The highest BCUT2D eigenvalue weighted by atomic mass is 32.2. The van der Waals surface area contributed by atoms with E-state index in [9.17, 15) is 8.42 Å². The molecule has 0 amide bonds. The predicted molar refractivity (Wildman–Crippen MR) is 80.8 cm³/mol. The minimum atomic E-state index is -3.76. The Labute approximate surface area is 122 Å². The lowest BCUT2D eigenvalue weighted by molar-refractivity contribution is 0.259. The minimum Gasteiger partial charge on any atom is -0.250 e. The van der Waals surface area contributed by atoms with Crippen molar-refractivity contribution in [1.29, 1.82) is 0 Å². The molecular formula is C16H22O3S. The summed E-state index contributed by atoms with van der Waals surface area (Å²) in [5.74, 6) is 5.91. The quantitative estimate of drug-likeness (QED) is 0.630. The topological polar surface area (TPSA) is 43.4 Å². The highest BCUT2D eigenvalue weighted by Gasteiger charge is 2.19. The highest BCUT2D eigenvalue weighted by molar-refractivity contribution is 7.86. The number of benzene rings is 1. The number of hydrogen-bond donors (Lipinski definition) is 0. The van der Waals surface area contributed by atoms with Gasteiger partial charge in [0.15, 0.2) is 0 Å². The standard InChI is InChI=1S/C16H22O3S/c1-6-14(11-12-16(3,4)5)19-20(17,18)15-9-7-13(2)8-10-15/h7-10,14H,6H2,1-5H3. The molecule has 0 aliphatic heterocycles. The minimum absolute atomic E-state index is 0.166. The molecular weight excluding hydrogens is 272 g/mol. The van der Waals surface area contributed by atoms with E-state index in [4.69, 9.17) is 4.18 Å². The van der Waals surface area contributed by atoms with Gasteiger partial charge in [-0.25, -0.2) is 4.18 Å². The molecule has 110 valence electrons. The van der Waals surface area contributed by atoms with Crippen molar-refractivity contribution in [2.45, 2.75) is 52.0 Å². The first-order chi connectivity index (χ1) is 9.14. The Morgan fingerprint density at radius 2 is 1.75 bits per heavy atom. The third kappa shape index (κ3) is 5.36. The zero-order valence-electron chi connectivity index (χ0n) is 12.7. The average molecular weight is 294 g/mol. The fraction of sp³-hybridized carbons (Fsp3) is 0.500. The number of rotatable bonds is 4. The third-order valence-corrected chi connectivity index (χ3v) is 3.87. The van der Waals surface area contributed by atoms with E-state index >= 15 is 0 Å². The Morgan fingerprint density at radius 1 is 1.20 bits per heavy atom. The monoisotopic (exact) mass is 294 g/mol. The first-order valence-electron chi connectivity index (χ1n) is 6.67. The van der Waals surface area contributed by atoms with Crippen molar-refractivity contribution in [1.82, 2.24) is 0 Å². The fourth-order valence-electron chi connectivity index (χ4n) is 1.40. The van der Waals surface area contributed by atoms with Crippen molar-refractivity contribution < 1.29 is 12.6 Å². The predicted octanol–water partition coefficient (Wildman–Crippen LogP) is 3.53. The van der Waals surface area contributed by atoms with E-state index in [-0.39, 0.29) is 10.3 Å². The van der Waals surface area contributed by atoms with Crippen molar-refractivity contribution in [3.05, 3.63) is 29.8 Å². The first kappa shape index (κ1) is 16.7. The lowest BCUT2D eigenvalue weighted by Gasteiger charge is -2.12.